The lowest BCUT2D eigenvalue weighted by Crippen LogP contribution is -2.34. The Morgan fingerprint density at radius 1 is 1.32 bits per heavy atom. The van der Waals surface area contributed by atoms with Crippen molar-refractivity contribution in [2.24, 2.45) is 10.4 Å². The summed E-state index contributed by atoms with van der Waals surface area (Å²) < 4.78 is 0. The van der Waals surface area contributed by atoms with Gasteiger partial charge >= 0.3 is 0 Å². The van der Waals surface area contributed by atoms with Gasteiger partial charge in [-0.25, -0.2) is 4.98 Å². The number of aliphatic imine (C=N–C) groups is 1. The van der Waals surface area contributed by atoms with Gasteiger partial charge in [0, 0.05) is 23.4 Å². The van der Waals surface area contributed by atoms with Crippen LogP contribution < -0.4 is 5.32 Å². The van der Waals surface area contributed by atoms with Gasteiger partial charge in [-0.3, -0.25) is 4.99 Å². The van der Waals surface area contributed by atoms with Gasteiger partial charge in [0.05, 0.1) is 6.54 Å². The van der Waals surface area contributed by atoms with Crippen LogP contribution in [0, 0.1) is 5.41 Å². The third-order valence-electron chi connectivity index (χ3n) is 3.91. The van der Waals surface area contributed by atoms with Crippen LogP contribution in [-0.4, -0.2) is 22.4 Å². The fourth-order valence-electron chi connectivity index (χ4n) is 2.08. The number of thiazole rings is 1. The predicted molar refractivity (Wildman–Crippen MR) is 86.1 cm³/mol. The first-order chi connectivity index (χ1) is 9.21. The predicted octanol–water partition coefficient (Wildman–Crippen LogP) is 3.70. The molecule has 1 N–H and O–H groups in total. The molecule has 0 aromatic carbocycles. The molecule has 106 valence electrons. The standard InChI is InChI=1S/C14H23N3S2/c1-4-11-7-15-12(19-11)8-16-13-17-9-14(5-2,6-3)10-18-13/h7H,4-6,8-10H2,1-3H3,(H,16,17). The van der Waals surface area contributed by atoms with E-state index in [1.807, 2.05) is 18.0 Å². The van der Waals surface area contributed by atoms with Crippen LogP contribution >= 0.6 is 23.1 Å². The Hall–Kier alpha value is -0.550. The highest BCUT2D eigenvalue weighted by Gasteiger charge is 2.29. The molecule has 3 nitrogen and oxygen atoms in total. The summed E-state index contributed by atoms with van der Waals surface area (Å²) in [5.41, 5.74) is 0.423. The Morgan fingerprint density at radius 3 is 2.63 bits per heavy atom. The zero-order valence-corrected chi connectivity index (χ0v) is 13.7. The Kier molecular flexibility index (Phi) is 5.28. The van der Waals surface area contributed by atoms with Crippen LogP contribution in [0.4, 0.5) is 0 Å². The molecule has 0 saturated carbocycles. The van der Waals surface area contributed by atoms with Crippen molar-refractivity contribution in [2.45, 2.75) is 46.6 Å². The topological polar surface area (TPSA) is 37.3 Å². The molecule has 2 rings (SSSR count). The van der Waals surface area contributed by atoms with Crippen LogP contribution in [0.15, 0.2) is 11.2 Å². The summed E-state index contributed by atoms with van der Waals surface area (Å²) in [4.78, 5) is 10.5. The lowest BCUT2D eigenvalue weighted by molar-refractivity contribution is 0.318. The number of aromatic nitrogens is 1. The molecular weight excluding hydrogens is 274 g/mol. The first-order valence-corrected chi connectivity index (χ1v) is 8.86. The Balaban J connectivity index is 1.86. The third kappa shape index (κ3) is 3.72. The van der Waals surface area contributed by atoms with Crippen molar-refractivity contribution in [2.75, 3.05) is 12.3 Å². The van der Waals surface area contributed by atoms with E-state index in [1.165, 1.54) is 23.5 Å². The number of nitrogens with zero attached hydrogens (tertiary/aromatic N) is 2. The van der Waals surface area contributed by atoms with Gasteiger partial charge in [-0.1, -0.05) is 32.5 Å². The SMILES string of the molecule is CCc1cnc(CNC2=NCC(CC)(CC)CS2)s1. The van der Waals surface area contributed by atoms with E-state index in [4.69, 9.17) is 4.99 Å². The number of rotatable bonds is 5. The first-order valence-electron chi connectivity index (χ1n) is 7.06. The normalized spacial score (nSPS) is 18.2. The summed E-state index contributed by atoms with van der Waals surface area (Å²) in [5.74, 6) is 1.18. The van der Waals surface area contributed by atoms with Gasteiger partial charge in [0.2, 0.25) is 0 Å². The first kappa shape index (κ1) is 14.9. The summed E-state index contributed by atoms with van der Waals surface area (Å²) >= 11 is 3.66. The van der Waals surface area contributed by atoms with E-state index < -0.39 is 0 Å². The zero-order valence-electron chi connectivity index (χ0n) is 12.0. The van der Waals surface area contributed by atoms with E-state index >= 15 is 0 Å². The van der Waals surface area contributed by atoms with Crippen LogP contribution in [0.3, 0.4) is 0 Å². The summed E-state index contributed by atoms with van der Waals surface area (Å²) in [5, 5.41) is 5.67. The summed E-state index contributed by atoms with van der Waals surface area (Å²) in [6.45, 7) is 8.50. The van der Waals surface area contributed by atoms with Crippen molar-refractivity contribution in [1.82, 2.24) is 10.3 Å². The number of amidine groups is 1. The second-order valence-electron chi connectivity index (χ2n) is 5.04. The van der Waals surface area contributed by atoms with Crippen molar-refractivity contribution < 1.29 is 0 Å². The highest BCUT2D eigenvalue weighted by Crippen LogP contribution is 2.34. The van der Waals surface area contributed by atoms with Crippen molar-refractivity contribution in [3.05, 3.63) is 16.1 Å². The van der Waals surface area contributed by atoms with Crippen molar-refractivity contribution in [3.63, 3.8) is 0 Å². The molecule has 0 atom stereocenters. The van der Waals surface area contributed by atoms with Gasteiger partial charge in [0.25, 0.3) is 0 Å². The van der Waals surface area contributed by atoms with E-state index in [2.05, 4.69) is 31.1 Å². The molecule has 0 radical (unpaired) electrons. The van der Waals surface area contributed by atoms with Crippen LogP contribution in [0.5, 0.6) is 0 Å². The molecule has 0 aliphatic carbocycles. The number of hydrogen-bond acceptors (Lipinski definition) is 5. The maximum absolute atomic E-state index is 4.71. The second kappa shape index (κ2) is 6.75. The molecule has 1 aromatic rings. The van der Waals surface area contributed by atoms with Gasteiger partial charge in [0.1, 0.15) is 5.01 Å². The van der Waals surface area contributed by atoms with Gasteiger partial charge in [-0.15, -0.1) is 11.3 Å². The van der Waals surface area contributed by atoms with E-state index in [-0.39, 0.29) is 0 Å². The quantitative estimate of drug-likeness (QED) is 0.900. The van der Waals surface area contributed by atoms with E-state index in [0.29, 0.717) is 5.41 Å². The lowest BCUT2D eigenvalue weighted by atomic mass is 9.84. The molecule has 0 unspecified atom stereocenters. The van der Waals surface area contributed by atoms with Crippen molar-refractivity contribution in [3.8, 4) is 0 Å². The average molecular weight is 297 g/mol. The molecule has 1 aliphatic rings. The lowest BCUT2D eigenvalue weighted by Gasteiger charge is -2.33. The van der Waals surface area contributed by atoms with Crippen molar-refractivity contribution in [1.29, 1.82) is 0 Å². The summed E-state index contributed by atoms with van der Waals surface area (Å²) in [6.07, 6.45) is 5.50. The van der Waals surface area contributed by atoms with Crippen LogP contribution in [0.2, 0.25) is 0 Å². The molecule has 0 bridgehead atoms. The minimum Gasteiger partial charge on any atom is -0.358 e. The van der Waals surface area contributed by atoms with E-state index in [0.717, 1.165) is 29.7 Å². The Labute approximate surface area is 124 Å². The summed E-state index contributed by atoms with van der Waals surface area (Å²) in [7, 11) is 0. The Bertz CT molecular complexity index is 436. The molecule has 19 heavy (non-hydrogen) atoms. The zero-order chi connectivity index (χ0) is 13.7. The van der Waals surface area contributed by atoms with Crippen LogP contribution in [0.25, 0.3) is 0 Å². The summed E-state index contributed by atoms with van der Waals surface area (Å²) in [6, 6.07) is 0. The van der Waals surface area contributed by atoms with Crippen LogP contribution in [-0.2, 0) is 13.0 Å². The molecule has 2 heterocycles. The largest absolute Gasteiger partial charge is 0.358 e. The highest BCUT2D eigenvalue weighted by atomic mass is 32.2. The monoisotopic (exact) mass is 297 g/mol. The molecule has 0 fully saturated rings. The maximum Gasteiger partial charge on any atom is 0.156 e. The van der Waals surface area contributed by atoms with Gasteiger partial charge in [0.15, 0.2) is 5.17 Å². The number of thioether (sulfide) groups is 1. The average Bonchev–Trinajstić information content (AvgIpc) is 2.94. The van der Waals surface area contributed by atoms with Gasteiger partial charge < -0.3 is 5.32 Å². The van der Waals surface area contributed by atoms with E-state index in [1.54, 1.807) is 11.3 Å². The number of nitrogens with one attached hydrogen (secondary N) is 1. The van der Waals surface area contributed by atoms with Gasteiger partial charge in [-0.2, -0.15) is 0 Å². The van der Waals surface area contributed by atoms with E-state index in [9.17, 15) is 0 Å². The fourth-order valence-corrected chi connectivity index (χ4v) is 4.16. The van der Waals surface area contributed by atoms with Crippen LogP contribution in [0.1, 0.15) is 43.5 Å². The smallest absolute Gasteiger partial charge is 0.156 e. The highest BCUT2D eigenvalue weighted by molar-refractivity contribution is 8.13. The molecule has 1 aromatic heterocycles. The third-order valence-corrected chi connectivity index (χ3v) is 6.36. The minimum atomic E-state index is 0.423. The Morgan fingerprint density at radius 2 is 2.11 bits per heavy atom. The fraction of sp³-hybridized carbons (Fsp3) is 0.714. The second-order valence-corrected chi connectivity index (χ2v) is 7.21. The molecule has 5 heteroatoms. The van der Waals surface area contributed by atoms with Gasteiger partial charge in [-0.05, 0) is 24.7 Å². The molecule has 0 amide bonds. The van der Waals surface area contributed by atoms with Crippen molar-refractivity contribution >= 4 is 28.3 Å². The number of aryl methyl sites for hydroxylation is 1. The maximum atomic E-state index is 4.71. The molecular formula is C14H23N3S2. The number of hydrogen-bond donors (Lipinski definition) is 1. The molecule has 1 aliphatic heterocycles. The molecule has 0 saturated heterocycles. The molecule has 0 spiro atoms. The minimum absolute atomic E-state index is 0.423.